The number of ether oxygens (including phenoxy) is 1. The first-order valence-electron chi connectivity index (χ1n) is 9.63. The van der Waals surface area contributed by atoms with Crippen LogP contribution in [0.2, 0.25) is 0 Å². The maximum absolute atomic E-state index is 13.1. The molecule has 0 bridgehead atoms. The quantitative estimate of drug-likeness (QED) is 0.329. The van der Waals surface area contributed by atoms with Gasteiger partial charge in [0.2, 0.25) is 0 Å². The van der Waals surface area contributed by atoms with Crippen molar-refractivity contribution in [3.05, 3.63) is 80.1 Å². The monoisotopic (exact) mass is 482 g/mol. The van der Waals surface area contributed by atoms with Gasteiger partial charge in [-0.3, -0.25) is 4.79 Å². The van der Waals surface area contributed by atoms with Crippen molar-refractivity contribution >= 4 is 50.5 Å². The molecule has 4 rings (SSSR count). The third-order valence-electron chi connectivity index (χ3n) is 4.99. The summed E-state index contributed by atoms with van der Waals surface area (Å²) >= 11 is 3.41. The second kappa shape index (κ2) is 8.03. The van der Waals surface area contributed by atoms with Crippen LogP contribution in [0.4, 0.5) is 5.69 Å². The predicted molar refractivity (Wildman–Crippen MR) is 121 cm³/mol. The zero-order valence-electron chi connectivity index (χ0n) is 16.8. The number of carbonyl (C=O) groups excluding carboxylic acids is 2. The average molecular weight is 483 g/mol. The highest BCUT2D eigenvalue weighted by Gasteiger charge is 2.38. The lowest BCUT2D eigenvalue weighted by Gasteiger charge is -2.37. The van der Waals surface area contributed by atoms with Crippen molar-refractivity contribution in [1.29, 1.82) is 0 Å². The highest BCUT2D eigenvalue weighted by Crippen LogP contribution is 2.33. The Hall–Kier alpha value is -3.39. The van der Waals surface area contributed by atoms with Gasteiger partial charge in [-0.2, -0.15) is 0 Å². The Morgan fingerprint density at radius 2 is 2.00 bits per heavy atom. The number of esters is 1. The normalized spacial score (nSPS) is 17.8. The Kier molecular flexibility index (Phi) is 5.41. The highest BCUT2D eigenvalue weighted by atomic mass is 79.9. The summed E-state index contributed by atoms with van der Waals surface area (Å²) in [5, 5.41) is 6.83. The molecular weight excluding hydrogens is 464 g/mol. The summed E-state index contributed by atoms with van der Waals surface area (Å²) in [6.45, 7) is 3.68. The van der Waals surface area contributed by atoms with Gasteiger partial charge < -0.3 is 19.8 Å². The molecule has 1 atom stereocenters. The molecule has 8 heteroatoms. The van der Waals surface area contributed by atoms with Crippen molar-refractivity contribution in [2.75, 3.05) is 11.9 Å². The van der Waals surface area contributed by atoms with E-state index >= 15 is 0 Å². The second-order valence-corrected chi connectivity index (χ2v) is 8.10. The van der Waals surface area contributed by atoms with E-state index in [0.717, 1.165) is 9.86 Å². The van der Waals surface area contributed by atoms with Crippen LogP contribution in [0.3, 0.4) is 0 Å². The van der Waals surface area contributed by atoms with E-state index in [0.29, 0.717) is 22.4 Å². The van der Waals surface area contributed by atoms with Crippen LogP contribution >= 0.6 is 15.9 Å². The summed E-state index contributed by atoms with van der Waals surface area (Å²) in [6, 6.07) is 12.3. The van der Waals surface area contributed by atoms with Gasteiger partial charge in [-0.15, -0.1) is 0 Å². The van der Waals surface area contributed by atoms with E-state index in [-0.39, 0.29) is 18.1 Å². The Labute approximate surface area is 186 Å². The minimum absolute atomic E-state index is 0.265. The van der Waals surface area contributed by atoms with E-state index in [1.165, 1.54) is 12.2 Å². The van der Waals surface area contributed by atoms with Gasteiger partial charge in [0, 0.05) is 21.6 Å². The van der Waals surface area contributed by atoms with Crippen LogP contribution in [0.1, 0.15) is 35.3 Å². The van der Waals surface area contributed by atoms with E-state index in [4.69, 9.17) is 9.15 Å². The van der Waals surface area contributed by atoms with Crippen molar-refractivity contribution in [3.63, 3.8) is 0 Å². The molecule has 0 fully saturated rings. The summed E-state index contributed by atoms with van der Waals surface area (Å²) in [4.78, 5) is 37.4. The van der Waals surface area contributed by atoms with E-state index in [1.54, 1.807) is 50.2 Å². The minimum Gasteiger partial charge on any atom is -0.463 e. The third kappa shape index (κ3) is 3.98. The number of fused-ring (bicyclic) bond motifs is 2. The first kappa shape index (κ1) is 20.9. The number of amides is 1. The number of halogens is 1. The SMILES string of the molecule is CCOC(=O)/C=C/c1cccc2c1C(=O)NC(C)(c1cc3cc(Br)ccc3oc1=O)N2. The Balaban J connectivity index is 1.75. The number of anilines is 1. The van der Waals surface area contributed by atoms with Crippen LogP contribution in [-0.2, 0) is 15.2 Å². The molecule has 0 saturated heterocycles. The zero-order chi connectivity index (χ0) is 22.2. The molecule has 1 unspecified atom stereocenters. The molecule has 7 nitrogen and oxygen atoms in total. The van der Waals surface area contributed by atoms with Crippen LogP contribution in [0.15, 0.2) is 62.2 Å². The average Bonchev–Trinajstić information content (AvgIpc) is 2.71. The van der Waals surface area contributed by atoms with E-state index < -0.39 is 17.3 Å². The lowest BCUT2D eigenvalue weighted by molar-refractivity contribution is -0.137. The van der Waals surface area contributed by atoms with Crippen molar-refractivity contribution < 1.29 is 18.7 Å². The van der Waals surface area contributed by atoms with Gasteiger partial charge in [-0.05, 0) is 55.8 Å². The van der Waals surface area contributed by atoms with E-state index in [2.05, 4.69) is 26.6 Å². The van der Waals surface area contributed by atoms with Gasteiger partial charge in [0.25, 0.3) is 5.91 Å². The van der Waals surface area contributed by atoms with Gasteiger partial charge in [-0.1, -0.05) is 28.1 Å². The largest absolute Gasteiger partial charge is 0.463 e. The van der Waals surface area contributed by atoms with E-state index in [1.807, 2.05) is 6.07 Å². The number of hydrogen-bond acceptors (Lipinski definition) is 6. The van der Waals surface area contributed by atoms with Crippen LogP contribution in [0.5, 0.6) is 0 Å². The molecule has 1 aliphatic heterocycles. The van der Waals surface area contributed by atoms with Crippen LogP contribution in [0.25, 0.3) is 17.0 Å². The van der Waals surface area contributed by atoms with Crippen LogP contribution in [0, 0.1) is 0 Å². The maximum atomic E-state index is 13.1. The van der Waals surface area contributed by atoms with Gasteiger partial charge in [-0.25, -0.2) is 9.59 Å². The van der Waals surface area contributed by atoms with Gasteiger partial charge in [0.15, 0.2) is 0 Å². The van der Waals surface area contributed by atoms with Crippen molar-refractivity contribution in [3.8, 4) is 0 Å². The molecule has 0 aliphatic carbocycles. The Bertz CT molecular complexity index is 1300. The topological polar surface area (TPSA) is 97.6 Å². The summed E-state index contributed by atoms with van der Waals surface area (Å²) in [7, 11) is 0. The molecule has 2 heterocycles. The smallest absolute Gasteiger partial charge is 0.343 e. The fourth-order valence-corrected chi connectivity index (χ4v) is 3.96. The molecule has 1 aliphatic rings. The molecule has 0 spiro atoms. The number of benzene rings is 2. The van der Waals surface area contributed by atoms with E-state index in [9.17, 15) is 14.4 Å². The molecule has 0 radical (unpaired) electrons. The van der Waals surface area contributed by atoms with Crippen LogP contribution < -0.4 is 16.3 Å². The molecule has 3 aromatic rings. The number of rotatable bonds is 4. The molecule has 1 aromatic heterocycles. The summed E-state index contributed by atoms with van der Waals surface area (Å²) in [5.41, 5.74) is 0.433. The number of carbonyl (C=O) groups is 2. The summed E-state index contributed by atoms with van der Waals surface area (Å²) in [5.74, 6) is -0.872. The molecule has 1 amide bonds. The second-order valence-electron chi connectivity index (χ2n) is 7.19. The highest BCUT2D eigenvalue weighted by molar-refractivity contribution is 9.10. The Morgan fingerprint density at radius 1 is 1.19 bits per heavy atom. The van der Waals surface area contributed by atoms with Crippen molar-refractivity contribution in [2.24, 2.45) is 0 Å². The van der Waals surface area contributed by atoms with Gasteiger partial charge in [0.05, 0.1) is 17.7 Å². The lowest BCUT2D eigenvalue weighted by atomic mass is 9.94. The summed E-state index contributed by atoms with van der Waals surface area (Å²) in [6.07, 6.45) is 2.80. The fraction of sp³-hybridized carbons (Fsp3) is 0.174. The molecule has 0 saturated carbocycles. The lowest BCUT2D eigenvalue weighted by Crippen LogP contribution is -2.55. The standard InChI is InChI=1S/C23H19BrN2O5/c1-3-30-19(27)10-7-13-5-4-6-17-20(13)21(28)26-23(2,25-17)16-12-14-11-15(24)8-9-18(14)31-22(16)29/h4-12,25H,3H2,1-2H3,(H,26,28)/b10-7+. The zero-order valence-corrected chi connectivity index (χ0v) is 18.4. The minimum atomic E-state index is -1.19. The molecule has 31 heavy (non-hydrogen) atoms. The molecule has 2 aromatic carbocycles. The first-order chi connectivity index (χ1) is 14.8. The Morgan fingerprint density at radius 3 is 2.77 bits per heavy atom. The van der Waals surface area contributed by atoms with Crippen molar-refractivity contribution in [1.82, 2.24) is 5.32 Å². The van der Waals surface area contributed by atoms with Gasteiger partial charge in [0.1, 0.15) is 11.2 Å². The predicted octanol–water partition coefficient (Wildman–Crippen LogP) is 4.16. The molecule has 158 valence electrons. The van der Waals surface area contributed by atoms with Gasteiger partial charge >= 0.3 is 11.6 Å². The number of hydrogen-bond donors (Lipinski definition) is 2. The molecule has 2 N–H and O–H groups in total. The third-order valence-corrected chi connectivity index (χ3v) is 5.48. The first-order valence-corrected chi connectivity index (χ1v) is 10.4. The summed E-state index contributed by atoms with van der Waals surface area (Å²) < 4.78 is 11.2. The fourth-order valence-electron chi connectivity index (χ4n) is 3.58. The number of nitrogens with one attached hydrogen (secondary N) is 2. The molecular formula is C23H19BrN2O5. The maximum Gasteiger partial charge on any atom is 0.343 e. The van der Waals surface area contributed by atoms with Crippen LogP contribution in [-0.4, -0.2) is 18.5 Å². The van der Waals surface area contributed by atoms with Crippen molar-refractivity contribution in [2.45, 2.75) is 19.5 Å².